The predicted octanol–water partition coefficient (Wildman–Crippen LogP) is 17.3. The smallest absolute Gasteiger partial charge is 0.306 e. The Bertz CT molecular complexity index is 1130. The zero-order valence-electron chi connectivity index (χ0n) is 40.9. The molecular weight excluding hydrogens is 769 g/mol. The van der Waals surface area contributed by atoms with E-state index in [1.54, 1.807) is 0 Å². The van der Waals surface area contributed by atoms with Gasteiger partial charge in [0.1, 0.15) is 13.2 Å². The number of rotatable bonds is 47. The van der Waals surface area contributed by atoms with Crippen LogP contribution in [0.4, 0.5) is 0 Å². The van der Waals surface area contributed by atoms with Gasteiger partial charge in [-0.1, -0.05) is 216 Å². The standard InChI is InChI=1S/C56H98O6/c1-4-7-10-13-16-19-22-24-26-27-28-30-31-34-37-40-43-46-49-55(58)61-52-53(51-60-54(57)48-45-42-39-36-33-21-18-15-12-9-6-3)62-56(59)50-47-44-41-38-35-32-29-25-23-20-17-14-11-8-5-2/h8,11,17,19-20,22,25-27,29,53H,4-7,9-10,12-16,18,21,23-24,28,30-52H2,1-3H3/b11-8-,20-17-,22-19-,27-26-,29-25-. The molecule has 6 heteroatoms. The molecule has 0 spiro atoms. The number of ether oxygens (including phenoxy) is 3. The Morgan fingerprint density at radius 2 is 0.629 bits per heavy atom. The SMILES string of the molecule is CC/C=C\C/C=C\C/C=C\CCCCCCCC(=O)OC(COC(=O)CCCCCCCCC/C=C\C/C=C\CCCCCC)COC(=O)CCCCCCCCCCCCC. The molecule has 358 valence electrons. The van der Waals surface area contributed by atoms with Gasteiger partial charge in [-0.05, 0) is 83.5 Å². The van der Waals surface area contributed by atoms with Crippen LogP contribution in [0.1, 0.15) is 258 Å². The number of esters is 3. The molecule has 1 unspecified atom stereocenters. The van der Waals surface area contributed by atoms with Gasteiger partial charge in [0.25, 0.3) is 0 Å². The fourth-order valence-corrected chi connectivity index (χ4v) is 7.31. The molecule has 0 aliphatic carbocycles. The molecule has 0 heterocycles. The van der Waals surface area contributed by atoms with E-state index in [9.17, 15) is 14.4 Å². The highest BCUT2D eigenvalue weighted by atomic mass is 16.6. The van der Waals surface area contributed by atoms with Gasteiger partial charge in [0.15, 0.2) is 6.10 Å². The monoisotopic (exact) mass is 867 g/mol. The largest absolute Gasteiger partial charge is 0.462 e. The Morgan fingerprint density at radius 1 is 0.339 bits per heavy atom. The summed E-state index contributed by atoms with van der Waals surface area (Å²) in [6.45, 7) is 6.49. The second kappa shape index (κ2) is 50.8. The fraction of sp³-hybridized carbons (Fsp3) is 0.768. The van der Waals surface area contributed by atoms with Crippen LogP contribution in [0.3, 0.4) is 0 Å². The first-order valence-electron chi connectivity index (χ1n) is 26.3. The molecular formula is C56H98O6. The summed E-state index contributed by atoms with van der Waals surface area (Å²) in [7, 11) is 0. The molecule has 1 atom stereocenters. The Morgan fingerprint density at radius 3 is 1.00 bits per heavy atom. The molecule has 0 saturated heterocycles. The first kappa shape index (κ1) is 59.1. The van der Waals surface area contributed by atoms with Gasteiger partial charge in [-0.25, -0.2) is 0 Å². The van der Waals surface area contributed by atoms with Gasteiger partial charge < -0.3 is 14.2 Å². The number of unbranched alkanes of at least 4 members (excludes halogenated alkanes) is 26. The van der Waals surface area contributed by atoms with Crippen LogP contribution in [0.5, 0.6) is 0 Å². The third-order valence-electron chi connectivity index (χ3n) is 11.3. The Kier molecular flexibility index (Phi) is 48.4. The van der Waals surface area contributed by atoms with Crippen molar-refractivity contribution in [3.8, 4) is 0 Å². The third-order valence-corrected chi connectivity index (χ3v) is 11.3. The average Bonchev–Trinajstić information content (AvgIpc) is 3.27. The van der Waals surface area contributed by atoms with Crippen LogP contribution in [0.25, 0.3) is 0 Å². The van der Waals surface area contributed by atoms with Crippen molar-refractivity contribution in [1.82, 2.24) is 0 Å². The van der Waals surface area contributed by atoms with Crippen LogP contribution < -0.4 is 0 Å². The van der Waals surface area contributed by atoms with Gasteiger partial charge in [0.05, 0.1) is 0 Å². The summed E-state index contributed by atoms with van der Waals surface area (Å²) in [5.74, 6) is -0.903. The average molecular weight is 867 g/mol. The van der Waals surface area contributed by atoms with Gasteiger partial charge in [-0.2, -0.15) is 0 Å². The van der Waals surface area contributed by atoms with Crippen molar-refractivity contribution in [2.24, 2.45) is 0 Å². The van der Waals surface area contributed by atoms with Gasteiger partial charge in [0.2, 0.25) is 0 Å². The molecule has 62 heavy (non-hydrogen) atoms. The molecule has 0 amide bonds. The molecule has 0 aromatic heterocycles. The van der Waals surface area contributed by atoms with Gasteiger partial charge >= 0.3 is 17.9 Å². The molecule has 0 aliphatic heterocycles. The lowest BCUT2D eigenvalue weighted by Gasteiger charge is -2.18. The molecule has 0 radical (unpaired) electrons. The minimum Gasteiger partial charge on any atom is -0.462 e. The van der Waals surface area contributed by atoms with E-state index in [0.717, 1.165) is 109 Å². The van der Waals surface area contributed by atoms with Crippen molar-refractivity contribution in [2.75, 3.05) is 13.2 Å². The molecule has 0 aromatic carbocycles. The van der Waals surface area contributed by atoms with Crippen LogP contribution in [0.15, 0.2) is 60.8 Å². The van der Waals surface area contributed by atoms with E-state index >= 15 is 0 Å². The maximum absolute atomic E-state index is 12.8. The normalized spacial score (nSPS) is 12.5. The minimum absolute atomic E-state index is 0.0822. The topological polar surface area (TPSA) is 78.9 Å². The fourth-order valence-electron chi connectivity index (χ4n) is 7.31. The quantitative estimate of drug-likeness (QED) is 0.0262. The second-order valence-electron chi connectivity index (χ2n) is 17.4. The molecule has 0 N–H and O–H groups in total. The minimum atomic E-state index is -0.784. The zero-order valence-corrected chi connectivity index (χ0v) is 40.9. The van der Waals surface area contributed by atoms with Crippen LogP contribution in [0, 0.1) is 0 Å². The van der Waals surface area contributed by atoms with Crippen LogP contribution in [-0.4, -0.2) is 37.2 Å². The van der Waals surface area contributed by atoms with Gasteiger partial charge in [-0.3, -0.25) is 14.4 Å². The van der Waals surface area contributed by atoms with Gasteiger partial charge in [0, 0.05) is 19.3 Å². The molecule has 0 rings (SSSR count). The van der Waals surface area contributed by atoms with E-state index in [1.807, 2.05) is 0 Å². The summed E-state index contributed by atoms with van der Waals surface area (Å²) >= 11 is 0. The predicted molar refractivity (Wildman–Crippen MR) is 265 cm³/mol. The van der Waals surface area contributed by atoms with Crippen molar-refractivity contribution < 1.29 is 28.6 Å². The molecule has 0 aliphatic rings. The summed E-state index contributed by atoms with van der Waals surface area (Å²) in [6, 6.07) is 0. The summed E-state index contributed by atoms with van der Waals surface area (Å²) in [5.41, 5.74) is 0. The first-order chi connectivity index (χ1) is 30.5. The lowest BCUT2D eigenvalue weighted by Crippen LogP contribution is -2.30. The summed E-state index contributed by atoms with van der Waals surface area (Å²) < 4.78 is 16.8. The second-order valence-corrected chi connectivity index (χ2v) is 17.4. The van der Waals surface area contributed by atoms with E-state index in [0.29, 0.717) is 19.3 Å². The highest BCUT2D eigenvalue weighted by molar-refractivity contribution is 5.71. The zero-order chi connectivity index (χ0) is 45.1. The molecule has 6 nitrogen and oxygen atoms in total. The lowest BCUT2D eigenvalue weighted by atomic mass is 10.1. The van der Waals surface area contributed by atoms with Crippen molar-refractivity contribution in [2.45, 2.75) is 264 Å². The van der Waals surface area contributed by atoms with E-state index in [4.69, 9.17) is 14.2 Å². The first-order valence-corrected chi connectivity index (χ1v) is 26.3. The summed E-state index contributed by atoms with van der Waals surface area (Å²) in [4.78, 5) is 38.0. The Hall–Kier alpha value is -2.89. The highest BCUT2D eigenvalue weighted by Crippen LogP contribution is 2.15. The molecule has 0 fully saturated rings. The van der Waals surface area contributed by atoms with Crippen molar-refractivity contribution in [3.63, 3.8) is 0 Å². The summed E-state index contributed by atoms with van der Waals surface area (Å²) in [5, 5.41) is 0. The van der Waals surface area contributed by atoms with E-state index < -0.39 is 6.10 Å². The van der Waals surface area contributed by atoms with Crippen molar-refractivity contribution in [1.29, 1.82) is 0 Å². The number of carbonyl (C=O) groups is 3. The highest BCUT2D eigenvalue weighted by Gasteiger charge is 2.19. The number of hydrogen-bond donors (Lipinski definition) is 0. The summed E-state index contributed by atoms with van der Waals surface area (Å²) in [6.07, 6.45) is 62.0. The van der Waals surface area contributed by atoms with E-state index in [2.05, 4.69) is 81.5 Å². The van der Waals surface area contributed by atoms with E-state index in [1.165, 1.54) is 109 Å². The molecule has 0 aromatic rings. The third kappa shape index (κ3) is 48.1. The number of carbonyl (C=O) groups excluding carboxylic acids is 3. The van der Waals surface area contributed by atoms with Gasteiger partial charge in [-0.15, -0.1) is 0 Å². The van der Waals surface area contributed by atoms with Crippen molar-refractivity contribution in [3.05, 3.63) is 60.8 Å². The van der Waals surface area contributed by atoms with Crippen LogP contribution in [0.2, 0.25) is 0 Å². The molecule has 0 saturated carbocycles. The number of hydrogen-bond acceptors (Lipinski definition) is 6. The number of allylic oxidation sites excluding steroid dienone is 10. The Balaban J connectivity index is 4.38. The van der Waals surface area contributed by atoms with E-state index in [-0.39, 0.29) is 31.1 Å². The van der Waals surface area contributed by atoms with Crippen LogP contribution in [-0.2, 0) is 28.6 Å². The Labute approximate surface area is 383 Å². The maximum Gasteiger partial charge on any atom is 0.306 e. The maximum atomic E-state index is 12.8. The van der Waals surface area contributed by atoms with Crippen molar-refractivity contribution >= 4 is 17.9 Å². The van der Waals surface area contributed by atoms with Crippen LogP contribution >= 0.6 is 0 Å². The lowest BCUT2D eigenvalue weighted by molar-refractivity contribution is -0.167. The molecule has 0 bridgehead atoms.